The third kappa shape index (κ3) is 3.41. The summed E-state index contributed by atoms with van der Waals surface area (Å²) in [6.45, 7) is 4.22. The Balaban J connectivity index is 1.61. The van der Waals surface area contributed by atoms with Crippen LogP contribution in [0.15, 0.2) is 18.3 Å². The zero-order valence-electron chi connectivity index (χ0n) is 17.5. The molecule has 7 heteroatoms. The average molecular weight is 380 g/mol. The Morgan fingerprint density at radius 2 is 1.89 bits per heavy atom. The highest BCUT2D eigenvalue weighted by atomic mass is 15.4. The SMILES string of the molecule is Cc1nn(C)c(C)c1CCc1nc(-c2ccc(N(C)C)nc2)nn1C1CCC1. The summed E-state index contributed by atoms with van der Waals surface area (Å²) < 4.78 is 4.13. The molecule has 148 valence electrons. The fourth-order valence-corrected chi connectivity index (χ4v) is 3.77. The number of pyridine rings is 1. The average Bonchev–Trinajstić information content (AvgIpc) is 3.13. The summed E-state index contributed by atoms with van der Waals surface area (Å²) in [5.74, 6) is 2.78. The summed E-state index contributed by atoms with van der Waals surface area (Å²) in [7, 11) is 5.99. The van der Waals surface area contributed by atoms with E-state index in [0.29, 0.717) is 6.04 Å². The molecule has 1 fully saturated rings. The predicted octanol–water partition coefficient (Wildman–Crippen LogP) is 3.27. The van der Waals surface area contributed by atoms with Crippen molar-refractivity contribution in [2.75, 3.05) is 19.0 Å². The van der Waals surface area contributed by atoms with Gasteiger partial charge in [0.1, 0.15) is 11.6 Å². The molecule has 0 atom stereocenters. The van der Waals surface area contributed by atoms with E-state index in [1.54, 1.807) is 0 Å². The molecule has 0 bridgehead atoms. The van der Waals surface area contributed by atoms with Gasteiger partial charge in [-0.3, -0.25) is 4.68 Å². The lowest BCUT2D eigenvalue weighted by Gasteiger charge is -2.26. The first-order valence-electron chi connectivity index (χ1n) is 10.0. The van der Waals surface area contributed by atoms with Crippen LogP contribution in [0.1, 0.15) is 48.1 Å². The number of aryl methyl sites for hydroxylation is 3. The van der Waals surface area contributed by atoms with Gasteiger partial charge in [0.2, 0.25) is 0 Å². The first kappa shape index (κ1) is 18.7. The van der Waals surface area contributed by atoms with Crippen LogP contribution in [0, 0.1) is 13.8 Å². The molecular weight excluding hydrogens is 350 g/mol. The first-order valence-corrected chi connectivity index (χ1v) is 10.0. The molecule has 0 unspecified atom stereocenters. The maximum atomic E-state index is 4.91. The third-order valence-electron chi connectivity index (χ3n) is 5.84. The first-order chi connectivity index (χ1) is 13.4. The van der Waals surface area contributed by atoms with Gasteiger partial charge in [0.05, 0.1) is 11.7 Å². The molecule has 0 aromatic carbocycles. The van der Waals surface area contributed by atoms with E-state index in [-0.39, 0.29) is 0 Å². The fourth-order valence-electron chi connectivity index (χ4n) is 3.77. The molecule has 3 aromatic heterocycles. The Kier molecular flexibility index (Phi) is 4.91. The van der Waals surface area contributed by atoms with Crippen molar-refractivity contribution in [3.8, 4) is 11.4 Å². The second kappa shape index (κ2) is 7.37. The Bertz CT molecular complexity index is 962. The third-order valence-corrected chi connectivity index (χ3v) is 5.84. The quantitative estimate of drug-likeness (QED) is 0.658. The molecule has 0 amide bonds. The number of anilines is 1. The molecule has 0 radical (unpaired) electrons. The van der Waals surface area contributed by atoms with Crippen molar-refractivity contribution in [2.45, 2.75) is 52.0 Å². The van der Waals surface area contributed by atoms with E-state index in [0.717, 1.165) is 41.6 Å². The van der Waals surface area contributed by atoms with Crippen LogP contribution in [0.2, 0.25) is 0 Å². The number of hydrogen-bond acceptors (Lipinski definition) is 5. The molecule has 0 spiro atoms. The lowest BCUT2D eigenvalue weighted by molar-refractivity contribution is 0.281. The van der Waals surface area contributed by atoms with E-state index in [2.05, 4.69) is 34.7 Å². The summed E-state index contributed by atoms with van der Waals surface area (Å²) >= 11 is 0. The second-order valence-electron chi connectivity index (χ2n) is 7.95. The van der Waals surface area contributed by atoms with Gasteiger partial charge in [0, 0.05) is 45.0 Å². The van der Waals surface area contributed by atoms with Gasteiger partial charge in [0.15, 0.2) is 5.82 Å². The summed E-state index contributed by atoms with van der Waals surface area (Å²) in [5.41, 5.74) is 4.64. The molecule has 1 aliphatic rings. The molecule has 1 saturated carbocycles. The summed E-state index contributed by atoms with van der Waals surface area (Å²) in [4.78, 5) is 11.4. The van der Waals surface area contributed by atoms with Gasteiger partial charge in [-0.15, -0.1) is 0 Å². The van der Waals surface area contributed by atoms with Crippen LogP contribution in [0.25, 0.3) is 11.4 Å². The minimum Gasteiger partial charge on any atom is -0.363 e. The molecule has 1 aliphatic carbocycles. The van der Waals surface area contributed by atoms with Gasteiger partial charge in [0.25, 0.3) is 0 Å². The van der Waals surface area contributed by atoms with E-state index in [1.165, 1.54) is 30.5 Å². The van der Waals surface area contributed by atoms with Crippen LogP contribution in [0.4, 0.5) is 5.82 Å². The summed E-state index contributed by atoms with van der Waals surface area (Å²) in [5, 5.41) is 9.42. The Morgan fingerprint density at radius 3 is 2.43 bits per heavy atom. The Morgan fingerprint density at radius 1 is 1.11 bits per heavy atom. The fraction of sp³-hybridized carbons (Fsp3) is 0.524. The molecule has 4 rings (SSSR count). The maximum absolute atomic E-state index is 4.91. The summed E-state index contributed by atoms with van der Waals surface area (Å²) in [6, 6.07) is 4.56. The summed E-state index contributed by atoms with van der Waals surface area (Å²) in [6.07, 6.45) is 7.35. The van der Waals surface area contributed by atoms with Gasteiger partial charge in [-0.05, 0) is 57.2 Å². The molecular formula is C21H29N7. The number of nitrogens with zero attached hydrogens (tertiary/aromatic N) is 7. The van der Waals surface area contributed by atoms with Gasteiger partial charge < -0.3 is 4.90 Å². The van der Waals surface area contributed by atoms with Crippen LogP contribution in [0.5, 0.6) is 0 Å². The van der Waals surface area contributed by atoms with Crippen molar-refractivity contribution in [1.29, 1.82) is 0 Å². The molecule has 0 aliphatic heterocycles. The highest BCUT2D eigenvalue weighted by Gasteiger charge is 2.25. The molecule has 3 heterocycles. The lowest BCUT2D eigenvalue weighted by atomic mass is 9.93. The number of rotatable bonds is 6. The maximum Gasteiger partial charge on any atom is 0.182 e. The van der Waals surface area contributed by atoms with Crippen LogP contribution in [-0.4, -0.2) is 43.6 Å². The van der Waals surface area contributed by atoms with Gasteiger partial charge in [-0.25, -0.2) is 14.6 Å². The molecule has 0 saturated heterocycles. The van der Waals surface area contributed by atoms with Crippen molar-refractivity contribution in [3.63, 3.8) is 0 Å². The normalized spacial score (nSPS) is 14.3. The van der Waals surface area contributed by atoms with E-state index in [1.807, 2.05) is 43.0 Å². The van der Waals surface area contributed by atoms with Gasteiger partial charge in [-0.1, -0.05) is 0 Å². The predicted molar refractivity (Wildman–Crippen MR) is 111 cm³/mol. The van der Waals surface area contributed by atoms with Crippen molar-refractivity contribution in [3.05, 3.63) is 41.1 Å². The van der Waals surface area contributed by atoms with Crippen molar-refractivity contribution in [1.82, 2.24) is 29.5 Å². The Hall–Kier alpha value is -2.70. The van der Waals surface area contributed by atoms with Gasteiger partial charge in [-0.2, -0.15) is 10.2 Å². The van der Waals surface area contributed by atoms with Gasteiger partial charge >= 0.3 is 0 Å². The number of hydrogen-bond donors (Lipinski definition) is 0. The highest BCUT2D eigenvalue weighted by molar-refractivity contribution is 5.56. The Labute approximate surface area is 166 Å². The highest BCUT2D eigenvalue weighted by Crippen LogP contribution is 2.33. The zero-order chi connectivity index (χ0) is 19.8. The second-order valence-corrected chi connectivity index (χ2v) is 7.95. The molecule has 7 nitrogen and oxygen atoms in total. The van der Waals surface area contributed by atoms with Crippen LogP contribution in [0.3, 0.4) is 0 Å². The van der Waals surface area contributed by atoms with Crippen molar-refractivity contribution in [2.24, 2.45) is 7.05 Å². The van der Waals surface area contributed by atoms with Crippen LogP contribution < -0.4 is 4.90 Å². The molecule has 3 aromatic rings. The van der Waals surface area contributed by atoms with E-state index >= 15 is 0 Å². The molecule has 0 N–H and O–H groups in total. The molecule has 28 heavy (non-hydrogen) atoms. The van der Waals surface area contributed by atoms with Crippen molar-refractivity contribution < 1.29 is 0 Å². The lowest BCUT2D eigenvalue weighted by Crippen LogP contribution is -2.21. The van der Waals surface area contributed by atoms with E-state index in [9.17, 15) is 0 Å². The minimum absolute atomic E-state index is 0.487. The number of aromatic nitrogens is 6. The standard InChI is InChI=1S/C21H29N7/c1-14-18(15(2)27(5)24-14)10-12-20-23-21(25-28(20)17-7-6-8-17)16-9-11-19(22-13-16)26(3)4/h9,11,13,17H,6-8,10,12H2,1-5H3. The van der Waals surface area contributed by atoms with E-state index in [4.69, 9.17) is 10.1 Å². The smallest absolute Gasteiger partial charge is 0.182 e. The van der Waals surface area contributed by atoms with Crippen molar-refractivity contribution >= 4 is 5.82 Å². The zero-order valence-corrected chi connectivity index (χ0v) is 17.5. The van der Waals surface area contributed by atoms with E-state index < -0.39 is 0 Å². The largest absolute Gasteiger partial charge is 0.363 e. The monoisotopic (exact) mass is 379 g/mol. The topological polar surface area (TPSA) is 64.7 Å². The van der Waals surface area contributed by atoms with Crippen LogP contribution >= 0.6 is 0 Å². The van der Waals surface area contributed by atoms with Crippen LogP contribution in [-0.2, 0) is 19.9 Å². The minimum atomic E-state index is 0.487.